The number of ether oxygens (including phenoxy) is 1. The summed E-state index contributed by atoms with van der Waals surface area (Å²) in [5.74, 6) is 0.467. The lowest BCUT2D eigenvalue weighted by Crippen LogP contribution is -2.48. The van der Waals surface area contributed by atoms with Crippen molar-refractivity contribution in [1.29, 1.82) is 0 Å². The average Bonchev–Trinajstić information content (AvgIpc) is 3.53. The van der Waals surface area contributed by atoms with Gasteiger partial charge in [-0.15, -0.1) is 0 Å². The molecule has 9 heteroatoms. The number of aryl methyl sites for hydroxylation is 1. The van der Waals surface area contributed by atoms with E-state index in [1.54, 1.807) is 17.5 Å². The van der Waals surface area contributed by atoms with E-state index in [1.165, 1.54) is 19.5 Å². The molecule has 4 aromatic heterocycles. The molecule has 7 rings (SSSR count). The van der Waals surface area contributed by atoms with Crippen molar-refractivity contribution in [3.05, 3.63) is 54.1 Å². The number of H-pyrrole nitrogens is 1. The molecule has 0 unspecified atom stereocenters. The molecule has 0 aliphatic heterocycles. The van der Waals surface area contributed by atoms with Gasteiger partial charge in [0.25, 0.3) is 0 Å². The monoisotopic (exact) mass is 460 g/mol. The molecule has 8 nitrogen and oxygen atoms in total. The first kappa shape index (κ1) is 20.9. The first-order chi connectivity index (χ1) is 16.4. The largest absolute Gasteiger partial charge is 0.469 e. The number of hydrogen-bond donors (Lipinski definition) is 1. The Morgan fingerprint density at radius 2 is 1.85 bits per heavy atom. The minimum Gasteiger partial charge on any atom is -0.469 e. The molecule has 174 valence electrons. The maximum atomic E-state index is 14.0. The number of aromatic nitrogens is 6. The van der Waals surface area contributed by atoms with Gasteiger partial charge in [0.2, 0.25) is 0 Å². The molecule has 0 radical (unpaired) electrons. The zero-order valence-electron chi connectivity index (χ0n) is 19.1. The maximum absolute atomic E-state index is 14.0. The van der Waals surface area contributed by atoms with Crippen LogP contribution in [0.15, 0.2) is 36.8 Å². The number of nitrogens with one attached hydrogen (secondary N) is 1. The van der Waals surface area contributed by atoms with E-state index in [-0.39, 0.29) is 22.6 Å². The molecule has 0 atom stereocenters. The zero-order valence-corrected chi connectivity index (χ0v) is 19.1. The van der Waals surface area contributed by atoms with Crippen LogP contribution in [0.4, 0.5) is 4.39 Å². The molecule has 0 amide bonds. The second-order valence-electron chi connectivity index (χ2n) is 9.61. The Labute approximate surface area is 195 Å². The van der Waals surface area contributed by atoms with E-state index in [2.05, 4.69) is 20.1 Å². The minimum absolute atomic E-state index is 0.0891. The quantitative estimate of drug-likeness (QED) is 0.454. The highest BCUT2D eigenvalue weighted by atomic mass is 19.1. The first-order valence-electron chi connectivity index (χ1n) is 11.6. The highest BCUT2D eigenvalue weighted by Gasteiger charge is 2.55. The lowest BCUT2D eigenvalue weighted by Gasteiger charge is -2.50. The summed E-state index contributed by atoms with van der Waals surface area (Å²) in [7, 11) is 1.47. The van der Waals surface area contributed by atoms with E-state index in [0.717, 1.165) is 61.3 Å². The Bertz CT molecular complexity index is 1400. The van der Waals surface area contributed by atoms with Gasteiger partial charge in [-0.05, 0) is 69.7 Å². The molecule has 0 aromatic carbocycles. The molecular weight excluding hydrogens is 435 g/mol. The van der Waals surface area contributed by atoms with Crippen LogP contribution in [0.2, 0.25) is 0 Å². The van der Waals surface area contributed by atoms with Gasteiger partial charge in [-0.3, -0.25) is 4.79 Å². The van der Waals surface area contributed by atoms with Crippen LogP contribution >= 0.6 is 0 Å². The minimum atomic E-state index is -0.359. The summed E-state index contributed by atoms with van der Waals surface area (Å²) >= 11 is 0. The van der Waals surface area contributed by atoms with Crippen LogP contribution in [-0.2, 0) is 14.9 Å². The highest BCUT2D eigenvalue weighted by molar-refractivity contribution is 5.78. The number of carbonyl (C=O) groups excluding carboxylic acids is 1. The Hall–Kier alpha value is -3.62. The molecule has 0 saturated heterocycles. The predicted octanol–water partition coefficient (Wildman–Crippen LogP) is 4.39. The number of hydrogen-bond acceptors (Lipinski definition) is 6. The fraction of sp³-hybridized carbons (Fsp3) is 0.400. The number of fused-ring (bicyclic) bond motifs is 4. The van der Waals surface area contributed by atoms with Crippen LogP contribution in [0.25, 0.3) is 28.3 Å². The Kier molecular flexibility index (Phi) is 4.59. The SMILES string of the molecule is COC(=O)C12CCC(c3nc(-c4ccc(F)c(C)n4)c(-c4ccc5ncnn5c4)[nH]3)(CC1)CC2. The lowest BCUT2D eigenvalue weighted by atomic mass is 9.53. The van der Waals surface area contributed by atoms with Gasteiger partial charge < -0.3 is 9.72 Å². The van der Waals surface area contributed by atoms with E-state index in [9.17, 15) is 9.18 Å². The van der Waals surface area contributed by atoms with E-state index in [0.29, 0.717) is 17.1 Å². The average molecular weight is 461 g/mol. The standard InChI is InChI=1S/C25H25FN6O2/c1-15-17(26)4-5-18(29-15)21-20(16-3-6-19-27-14-28-32(19)13-16)30-22(31-21)24-7-10-25(11-8-24,12-9-24)23(33)34-2/h3-6,13-14H,7-12H2,1-2H3,(H,30,31). The second kappa shape index (κ2) is 7.44. The fourth-order valence-electron chi connectivity index (χ4n) is 5.72. The predicted molar refractivity (Wildman–Crippen MR) is 122 cm³/mol. The number of esters is 1. The van der Waals surface area contributed by atoms with Crippen molar-refractivity contribution in [3.63, 3.8) is 0 Å². The van der Waals surface area contributed by atoms with Crippen LogP contribution in [-0.4, -0.2) is 42.6 Å². The van der Waals surface area contributed by atoms with Crippen LogP contribution in [0, 0.1) is 18.2 Å². The first-order valence-corrected chi connectivity index (χ1v) is 11.6. The van der Waals surface area contributed by atoms with Crippen molar-refractivity contribution < 1.29 is 13.9 Å². The van der Waals surface area contributed by atoms with Crippen LogP contribution in [0.1, 0.15) is 50.0 Å². The van der Waals surface area contributed by atoms with E-state index < -0.39 is 0 Å². The molecule has 34 heavy (non-hydrogen) atoms. The van der Waals surface area contributed by atoms with E-state index in [4.69, 9.17) is 9.72 Å². The summed E-state index contributed by atoms with van der Waals surface area (Å²) < 4.78 is 20.8. The smallest absolute Gasteiger partial charge is 0.311 e. The lowest BCUT2D eigenvalue weighted by molar-refractivity contribution is -0.160. The van der Waals surface area contributed by atoms with Crippen molar-refractivity contribution in [2.45, 2.75) is 50.9 Å². The molecule has 4 aromatic rings. The number of nitrogens with zero attached hydrogens (tertiary/aromatic N) is 5. The van der Waals surface area contributed by atoms with Crippen LogP contribution in [0.5, 0.6) is 0 Å². The van der Waals surface area contributed by atoms with Crippen molar-refractivity contribution in [2.75, 3.05) is 7.11 Å². The fourth-order valence-corrected chi connectivity index (χ4v) is 5.72. The van der Waals surface area contributed by atoms with Gasteiger partial charge in [-0.1, -0.05) is 0 Å². The summed E-state index contributed by atoms with van der Waals surface area (Å²) in [4.78, 5) is 29.9. The third kappa shape index (κ3) is 3.06. The summed E-state index contributed by atoms with van der Waals surface area (Å²) in [6, 6.07) is 6.98. The van der Waals surface area contributed by atoms with Crippen LogP contribution in [0.3, 0.4) is 0 Å². The van der Waals surface area contributed by atoms with Crippen molar-refractivity contribution >= 4 is 11.6 Å². The number of rotatable bonds is 4. The third-order valence-corrected chi connectivity index (χ3v) is 7.90. The molecule has 3 aliphatic rings. The van der Waals surface area contributed by atoms with Gasteiger partial charge in [0.1, 0.15) is 23.7 Å². The van der Waals surface area contributed by atoms with Gasteiger partial charge >= 0.3 is 5.97 Å². The normalized spacial score (nSPS) is 24.0. The highest BCUT2D eigenvalue weighted by Crippen LogP contribution is 2.58. The van der Waals surface area contributed by atoms with E-state index in [1.807, 2.05) is 18.3 Å². The molecule has 4 heterocycles. The molecule has 3 saturated carbocycles. The van der Waals surface area contributed by atoms with Gasteiger partial charge in [0, 0.05) is 17.2 Å². The van der Waals surface area contributed by atoms with Gasteiger partial charge in [-0.25, -0.2) is 23.9 Å². The van der Waals surface area contributed by atoms with Crippen molar-refractivity contribution in [1.82, 2.24) is 29.5 Å². The van der Waals surface area contributed by atoms with E-state index >= 15 is 0 Å². The summed E-state index contributed by atoms with van der Waals surface area (Å²) in [6.45, 7) is 1.65. The number of pyridine rings is 2. The molecule has 0 spiro atoms. The third-order valence-electron chi connectivity index (χ3n) is 7.90. The number of methoxy groups -OCH3 is 1. The number of halogens is 1. The molecular formula is C25H25FN6O2. The number of imidazole rings is 1. The topological polar surface area (TPSA) is 98.1 Å². The second-order valence-corrected chi connectivity index (χ2v) is 9.61. The Balaban J connectivity index is 1.46. The molecule has 3 fully saturated rings. The Morgan fingerprint density at radius 3 is 2.56 bits per heavy atom. The zero-order chi connectivity index (χ0) is 23.5. The summed E-state index contributed by atoms with van der Waals surface area (Å²) in [6.07, 6.45) is 8.41. The summed E-state index contributed by atoms with van der Waals surface area (Å²) in [5.41, 5.74) is 3.59. The van der Waals surface area contributed by atoms with Gasteiger partial charge in [-0.2, -0.15) is 5.10 Å². The van der Waals surface area contributed by atoms with Gasteiger partial charge in [0.05, 0.1) is 29.6 Å². The summed E-state index contributed by atoms with van der Waals surface area (Å²) in [5, 5.41) is 4.26. The molecule has 2 bridgehead atoms. The number of aromatic amines is 1. The van der Waals surface area contributed by atoms with Crippen molar-refractivity contribution in [3.8, 4) is 22.6 Å². The maximum Gasteiger partial charge on any atom is 0.311 e. The van der Waals surface area contributed by atoms with Gasteiger partial charge in [0.15, 0.2) is 5.65 Å². The molecule has 3 aliphatic carbocycles. The van der Waals surface area contributed by atoms with Crippen LogP contribution < -0.4 is 0 Å². The Morgan fingerprint density at radius 1 is 1.09 bits per heavy atom. The van der Waals surface area contributed by atoms with Crippen molar-refractivity contribution in [2.24, 2.45) is 5.41 Å². The number of carbonyl (C=O) groups is 1. The molecule has 1 N–H and O–H groups in total.